The van der Waals surface area contributed by atoms with Crippen molar-refractivity contribution in [1.82, 2.24) is 10.6 Å². The van der Waals surface area contributed by atoms with Gasteiger partial charge < -0.3 is 15.4 Å². The van der Waals surface area contributed by atoms with Gasteiger partial charge in [-0.3, -0.25) is 4.79 Å². The van der Waals surface area contributed by atoms with Crippen molar-refractivity contribution >= 4 is 11.8 Å². The lowest BCUT2D eigenvalue weighted by atomic mass is 9.95. The molecule has 0 radical (unpaired) electrons. The number of ketones is 1. The summed E-state index contributed by atoms with van der Waals surface area (Å²) in [4.78, 5) is 22.7. The van der Waals surface area contributed by atoms with Crippen LogP contribution in [0.5, 0.6) is 5.75 Å². The molecule has 5 nitrogen and oxygen atoms in total. The largest absolute Gasteiger partial charge is 0.497 e. The topological polar surface area (TPSA) is 67.4 Å². The summed E-state index contributed by atoms with van der Waals surface area (Å²) in [6.07, 6.45) is -4.23. The minimum absolute atomic E-state index is 0.342. The van der Waals surface area contributed by atoms with Gasteiger partial charge in [0, 0.05) is 11.8 Å². The number of benzene rings is 1. The van der Waals surface area contributed by atoms with E-state index in [2.05, 4.69) is 5.32 Å². The van der Waals surface area contributed by atoms with Crippen LogP contribution in [0.2, 0.25) is 0 Å². The molecule has 2 rings (SSSR count). The molecule has 0 aliphatic carbocycles. The zero-order valence-electron chi connectivity index (χ0n) is 10.8. The highest BCUT2D eigenvalue weighted by Crippen LogP contribution is 2.31. The third-order valence-corrected chi connectivity index (χ3v) is 2.91. The first-order chi connectivity index (χ1) is 9.82. The lowest BCUT2D eigenvalue weighted by Crippen LogP contribution is -2.44. The maximum atomic E-state index is 12.6. The third-order valence-electron chi connectivity index (χ3n) is 2.91. The Morgan fingerprint density at radius 3 is 2.38 bits per heavy atom. The molecular weight excluding hydrogens is 289 g/mol. The predicted molar refractivity (Wildman–Crippen MR) is 66.5 cm³/mol. The Labute approximate surface area is 117 Å². The molecule has 8 heteroatoms. The number of hydrogen-bond acceptors (Lipinski definition) is 3. The van der Waals surface area contributed by atoms with E-state index in [1.54, 1.807) is 0 Å². The number of urea groups is 1. The second-order valence-electron chi connectivity index (χ2n) is 4.25. The van der Waals surface area contributed by atoms with Gasteiger partial charge in [-0.05, 0) is 17.7 Å². The fourth-order valence-electron chi connectivity index (χ4n) is 1.90. The number of ether oxygens (including phenoxy) is 1. The van der Waals surface area contributed by atoms with Gasteiger partial charge >= 0.3 is 12.2 Å². The molecular formula is C13H11F3N2O3. The van der Waals surface area contributed by atoms with E-state index < -0.39 is 29.6 Å². The Hall–Kier alpha value is -2.51. The Bertz CT molecular complexity index is 594. The van der Waals surface area contributed by atoms with E-state index in [0.29, 0.717) is 11.3 Å². The van der Waals surface area contributed by atoms with Gasteiger partial charge in [-0.1, -0.05) is 12.1 Å². The first-order valence-corrected chi connectivity index (χ1v) is 5.85. The SMILES string of the molecule is COc1ccc([C@H]2NC(=O)NC=C2C(=O)C(F)(F)F)cc1. The van der Waals surface area contributed by atoms with Crippen molar-refractivity contribution in [1.29, 1.82) is 0 Å². The van der Waals surface area contributed by atoms with E-state index in [1.807, 2.05) is 5.32 Å². The number of carbonyl (C=O) groups is 2. The number of Topliss-reactive ketones (excluding diaryl/α,β-unsaturated/α-hetero) is 1. The van der Waals surface area contributed by atoms with Crippen molar-refractivity contribution in [3.05, 3.63) is 41.6 Å². The number of amides is 2. The van der Waals surface area contributed by atoms with Gasteiger partial charge in [0.05, 0.1) is 13.2 Å². The number of alkyl halides is 3. The highest BCUT2D eigenvalue weighted by atomic mass is 19.4. The number of carbonyl (C=O) groups excluding carboxylic acids is 2. The van der Waals surface area contributed by atoms with Crippen LogP contribution < -0.4 is 15.4 Å². The van der Waals surface area contributed by atoms with Crippen LogP contribution in [0.4, 0.5) is 18.0 Å². The molecule has 0 fully saturated rings. The molecule has 1 atom stereocenters. The van der Waals surface area contributed by atoms with Crippen molar-refractivity contribution < 1.29 is 27.5 Å². The number of halogens is 3. The molecule has 1 heterocycles. The second kappa shape index (κ2) is 5.47. The van der Waals surface area contributed by atoms with Gasteiger partial charge in [0.1, 0.15) is 5.75 Å². The van der Waals surface area contributed by atoms with Crippen LogP contribution in [0.15, 0.2) is 36.0 Å². The van der Waals surface area contributed by atoms with Crippen LogP contribution >= 0.6 is 0 Å². The second-order valence-corrected chi connectivity index (χ2v) is 4.25. The summed E-state index contributed by atoms with van der Waals surface area (Å²) < 4.78 is 42.7. The molecule has 1 aromatic rings. The molecule has 1 aliphatic rings. The molecule has 2 N–H and O–H groups in total. The lowest BCUT2D eigenvalue weighted by molar-refractivity contribution is -0.167. The fraction of sp³-hybridized carbons (Fsp3) is 0.231. The molecule has 112 valence electrons. The van der Waals surface area contributed by atoms with E-state index in [-0.39, 0.29) is 0 Å². The summed E-state index contributed by atoms with van der Waals surface area (Å²) in [5.74, 6) is -1.50. The smallest absolute Gasteiger partial charge is 0.454 e. The van der Waals surface area contributed by atoms with Gasteiger partial charge in [0.25, 0.3) is 5.78 Å². The van der Waals surface area contributed by atoms with Gasteiger partial charge in [0.15, 0.2) is 0 Å². The minimum atomic E-state index is -5.01. The van der Waals surface area contributed by atoms with Crippen molar-refractivity contribution in [2.24, 2.45) is 0 Å². The van der Waals surface area contributed by atoms with Crippen LogP contribution in [-0.2, 0) is 4.79 Å². The van der Waals surface area contributed by atoms with Gasteiger partial charge in [-0.25, -0.2) is 4.79 Å². The highest BCUT2D eigenvalue weighted by Gasteiger charge is 2.44. The number of hydrogen-bond donors (Lipinski definition) is 2. The summed E-state index contributed by atoms with van der Waals surface area (Å²) >= 11 is 0. The zero-order valence-corrected chi connectivity index (χ0v) is 10.8. The fourth-order valence-corrected chi connectivity index (χ4v) is 1.90. The average Bonchev–Trinajstić information content (AvgIpc) is 2.45. The van der Waals surface area contributed by atoms with Crippen LogP contribution in [-0.4, -0.2) is 25.1 Å². The summed E-state index contributed by atoms with van der Waals surface area (Å²) in [7, 11) is 1.44. The normalized spacial score (nSPS) is 18.4. The first kappa shape index (κ1) is 14.9. The van der Waals surface area contributed by atoms with Crippen molar-refractivity contribution in [2.45, 2.75) is 12.2 Å². The third kappa shape index (κ3) is 3.15. The highest BCUT2D eigenvalue weighted by molar-refractivity contribution is 6.02. The maximum Gasteiger partial charge on any atom is 0.454 e. The van der Waals surface area contributed by atoms with Crippen molar-refractivity contribution in [3.8, 4) is 5.75 Å². The predicted octanol–water partition coefficient (Wildman–Crippen LogP) is 2.06. The van der Waals surface area contributed by atoms with E-state index >= 15 is 0 Å². The van der Waals surface area contributed by atoms with Crippen LogP contribution in [0, 0.1) is 0 Å². The molecule has 0 unspecified atom stereocenters. The molecule has 21 heavy (non-hydrogen) atoms. The monoisotopic (exact) mass is 300 g/mol. The Balaban J connectivity index is 2.37. The van der Waals surface area contributed by atoms with E-state index in [4.69, 9.17) is 4.74 Å². The number of nitrogens with one attached hydrogen (secondary N) is 2. The molecule has 0 saturated heterocycles. The molecule has 0 saturated carbocycles. The molecule has 0 bridgehead atoms. The molecule has 1 aliphatic heterocycles. The summed E-state index contributed by atoms with van der Waals surface area (Å²) in [5, 5.41) is 4.34. The molecule has 0 aromatic heterocycles. The van der Waals surface area contributed by atoms with Crippen molar-refractivity contribution in [3.63, 3.8) is 0 Å². The maximum absolute atomic E-state index is 12.6. The Morgan fingerprint density at radius 2 is 1.86 bits per heavy atom. The van der Waals surface area contributed by atoms with E-state index in [1.165, 1.54) is 31.4 Å². The zero-order chi connectivity index (χ0) is 15.6. The minimum Gasteiger partial charge on any atom is -0.497 e. The Morgan fingerprint density at radius 1 is 1.24 bits per heavy atom. The van der Waals surface area contributed by atoms with Crippen LogP contribution in [0.3, 0.4) is 0 Å². The quantitative estimate of drug-likeness (QED) is 0.898. The summed E-state index contributed by atoms with van der Waals surface area (Å²) in [6, 6.07) is 4.16. The summed E-state index contributed by atoms with van der Waals surface area (Å²) in [6.45, 7) is 0. The first-order valence-electron chi connectivity index (χ1n) is 5.85. The van der Waals surface area contributed by atoms with Gasteiger partial charge in [0.2, 0.25) is 0 Å². The number of methoxy groups -OCH3 is 1. The summed E-state index contributed by atoms with van der Waals surface area (Å²) in [5.41, 5.74) is -0.234. The number of rotatable bonds is 3. The van der Waals surface area contributed by atoms with Crippen LogP contribution in [0.1, 0.15) is 11.6 Å². The van der Waals surface area contributed by atoms with E-state index in [0.717, 1.165) is 6.20 Å². The lowest BCUT2D eigenvalue weighted by Gasteiger charge is -2.26. The standard InChI is InChI=1S/C13H11F3N2O3/c1-21-8-4-2-7(3-5-8)10-9(6-17-12(20)18-10)11(19)13(14,15)16/h2-6,10H,1H3,(H2,17,18,20)/t10-/m1/s1. The van der Waals surface area contributed by atoms with Crippen LogP contribution in [0.25, 0.3) is 0 Å². The van der Waals surface area contributed by atoms with E-state index in [9.17, 15) is 22.8 Å². The molecule has 2 amide bonds. The van der Waals surface area contributed by atoms with Gasteiger partial charge in [-0.15, -0.1) is 0 Å². The molecule has 1 aromatic carbocycles. The average molecular weight is 300 g/mol. The molecule has 0 spiro atoms. The van der Waals surface area contributed by atoms with Crippen molar-refractivity contribution in [2.75, 3.05) is 7.11 Å². The Kier molecular flexibility index (Phi) is 3.88. The van der Waals surface area contributed by atoms with Gasteiger partial charge in [-0.2, -0.15) is 13.2 Å².